The molecular weight excluding hydrogens is 414 g/mol. The van der Waals surface area contributed by atoms with Gasteiger partial charge in [-0.05, 0) is 67.8 Å². The Morgan fingerprint density at radius 3 is 2.38 bits per heavy atom. The van der Waals surface area contributed by atoms with Crippen LogP contribution < -0.4 is 4.74 Å². The Morgan fingerprint density at radius 1 is 1.15 bits per heavy atom. The molecule has 1 aliphatic heterocycles. The molecule has 0 amide bonds. The normalized spacial score (nSPS) is 22.5. The maximum Gasteiger partial charge on any atom is 0.243 e. The summed E-state index contributed by atoms with van der Waals surface area (Å²) in [6, 6.07) is 6.74. The predicted octanol–water partition coefficient (Wildman–Crippen LogP) is 4.73. The second kappa shape index (κ2) is 8.28. The van der Waals surface area contributed by atoms with Crippen LogP contribution in [0.15, 0.2) is 51.9 Å². The van der Waals surface area contributed by atoms with Gasteiger partial charge in [-0.15, -0.1) is 0 Å². The lowest BCUT2D eigenvalue weighted by molar-refractivity contribution is 0.242. The van der Waals surface area contributed by atoms with Gasteiger partial charge in [-0.1, -0.05) is 34.2 Å². The molecule has 4 nitrogen and oxygen atoms in total. The van der Waals surface area contributed by atoms with Crippen LogP contribution in [0.4, 0.5) is 0 Å². The quantitative estimate of drug-likeness (QED) is 0.622. The molecule has 1 atom stereocenters. The zero-order valence-corrected chi connectivity index (χ0v) is 17.7. The third kappa shape index (κ3) is 4.41. The first-order valence-electron chi connectivity index (χ1n) is 9.17. The lowest BCUT2D eigenvalue weighted by Crippen LogP contribution is -2.40. The Morgan fingerprint density at radius 2 is 1.81 bits per heavy atom. The first-order chi connectivity index (χ1) is 12.4. The van der Waals surface area contributed by atoms with E-state index in [9.17, 15) is 8.42 Å². The SMILES string of the molecule is CC(C)Oc1ccc(S(=O)(=O)N2CCC(C3C=CCC=C3Br)CC2)cc1. The molecule has 0 N–H and O–H groups in total. The van der Waals surface area contributed by atoms with Gasteiger partial charge in [0.25, 0.3) is 0 Å². The molecule has 0 spiro atoms. The molecule has 1 unspecified atom stereocenters. The van der Waals surface area contributed by atoms with Crippen molar-refractivity contribution in [2.75, 3.05) is 13.1 Å². The molecular formula is C20H26BrNO3S. The monoisotopic (exact) mass is 439 g/mol. The Labute approximate surface area is 165 Å². The second-order valence-corrected chi connectivity index (χ2v) is 10.0. The fourth-order valence-corrected chi connectivity index (χ4v) is 5.79. The molecule has 0 bridgehead atoms. The van der Waals surface area contributed by atoms with E-state index in [0.717, 1.165) is 19.3 Å². The number of halogens is 1. The number of nitrogens with zero attached hydrogens (tertiary/aromatic N) is 1. The van der Waals surface area contributed by atoms with Gasteiger partial charge in [0.2, 0.25) is 10.0 Å². The molecule has 0 radical (unpaired) electrons. The van der Waals surface area contributed by atoms with Gasteiger partial charge in [0.1, 0.15) is 5.75 Å². The van der Waals surface area contributed by atoms with E-state index >= 15 is 0 Å². The first kappa shape index (κ1) is 19.6. The van der Waals surface area contributed by atoms with Crippen molar-refractivity contribution in [1.82, 2.24) is 4.31 Å². The van der Waals surface area contributed by atoms with E-state index in [1.165, 1.54) is 4.48 Å². The standard InChI is InChI=1S/C20H26BrNO3S/c1-15(2)25-17-7-9-18(10-8-17)26(23,24)22-13-11-16(12-14-22)19-5-3-4-6-20(19)21/h3,5-10,15-16,19H,4,11-14H2,1-2H3. The largest absolute Gasteiger partial charge is 0.491 e. The average Bonchev–Trinajstić information content (AvgIpc) is 2.62. The maximum absolute atomic E-state index is 12.9. The van der Waals surface area contributed by atoms with E-state index in [-0.39, 0.29) is 6.10 Å². The fourth-order valence-electron chi connectivity index (χ4n) is 3.60. The molecule has 1 aliphatic carbocycles. The van der Waals surface area contributed by atoms with Gasteiger partial charge in [-0.25, -0.2) is 8.42 Å². The molecule has 0 saturated carbocycles. The van der Waals surface area contributed by atoms with Crippen molar-refractivity contribution in [3.05, 3.63) is 47.0 Å². The summed E-state index contributed by atoms with van der Waals surface area (Å²) in [7, 11) is -3.44. The Bertz CT molecular complexity index is 776. The number of hydrogen-bond donors (Lipinski definition) is 0. The third-order valence-corrected chi connectivity index (χ3v) is 7.72. The van der Waals surface area contributed by atoms with E-state index in [2.05, 4.69) is 34.2 Å². The minimum atomic E-state index is -3.44. The minimum absolute atomic E-state index is 0.0682. The number of piperidine rings is 1. The summed E-state index contributed by atoms with van der Waals surface area (Å²) in [5, 5.41) is 0. The van der Waals surface area contributed by atoms with Crippen molar-refractivity contribution in [3.8, 4) is 5.75 Å². The molecule has 1 saturated heterocycles. The molecule has 1 fully saturated rings. The number of sulfonamides is 1. The van der Waals surface area contributed by atoms with Gasteiger partial charge in [0.15, 0.2) is 0 Å². The van der Waals surface area contributed by atoms with Crippen LogP contribution >= 0.6 is 15.9 Å². The summed E-state index contributed by atoms with van der Waals surface area (Å²) in [5.41, 5.74) is 0. The fraction of sp³-hybridized carbons (Fsp3) is 0.500. The molecule has 6 heteroatoms. The van der Waals surface area contributed by atoms with E-state index in [4.69, 9.17) is 4.74 Å². The summed E-state index contributed by atoms with van der Waals surface area (Å²) >= 11 is 3.67. The van der Waals surface area contributed by atoms with Crippen LogP contribution in [0, 0.1) is 11.8 Å². The van der Waals surface area contributed by atoms with E-state index < -0.39 is 10.0 Å². The summed E-state index contributed by atoms with van der Waals surface area (Å²) in [4.78, 5) is 0.339. The highest BCUT2D eigenvalue weighted by atomic mass is 79.9. The average molecular weight is 440 g/mol. The summed E-state index contributed by atoms with van der Waals surface area (Å²) in [6.07, 6.45) is 9.46. The zero-order chi connectivity index (χ0) is 18.7. The van der Waals surface area contributed by atoms with Gasteiger partial charge >= 0.3 is 0 Å². The van der Waals surface area contributed by atoms with Crippen molar-refractivity contribution < 1.29 is 13.2 Å². The highest BCUT2D eigenvalue weighted by Gasteiger charge is 2.33. The van der Waals surface area contributed by atoms with E-state index in [0.29, 0.717) is 35.6 Å². The van der Waals surface area contributed by atoms with Crippen molar-refractivity contribution in [2.45, 2.75) is 44.1 Å². The summed E-state index contributed by atoms with van der Waals surface area (Å²) in [6.45, 7) is 5.04. The van der Waals surface area contributed by atoms with Crippen LogP contribution in [0.5, 0.6) is 5.75 Å². The van der Waals surface area contributed by atoms with Crippen molar-refractivity contribution in [1.29, 1.82) is 0 Å². The lowest BCUT2D eigenvalue weighted by Gasteiger charge is -2.35. The molecule has 1 aromatic rings. The van der Waals surface area contributed by atoms with Gasteiger partial charge < -0.3 is 4.74 Å². The number of ether oxygens (including phenoxy) is 1. The molecule has 1 heterocycles. The van der Waals surface area contributed by atoms with Crippen LogP contribution in [0.2, 0.25) is 0 Å². The Hall–Kier alpha value is -1.11. The second-order valence-electron chi connectivity index (χ2n) is 7.16. The molecule has 3 rings (SSSR count). The molecule has 142 valence electrons. The lowest BCUT2D eigenvalue weighted by atomic mass is 9.83. The predicted molar refractivity (Wildman–Crippen MR) is 108 cm³/mol. The maximum atomic E-state index is 12.9. The van der Waals surface area contributed by atoms with Gasteiger partial charge in [0.05, 0.1) is 11.0 Å². The zero-order valence-electron chi connectivity index (χ0n) is 15.3. The number of allylic oxidation sites excluding steroid dienone is 4. The highest BCUT2D eigenvalue weighted by Crippen LogP contribution is 2.37. The number of hydrogen-bond acceptors (Lipinski definition) is 3. The van der Waals surface area contributed by atoms with Crippen molar-refractivity contribution in [3.63, 3.8) is 0 Å². The highest BCUT2D eigenvalue weighted by molar-refractivity contribution is 9.11. The molecule has 0 aromatic heterocycles. The first-order valence-corrected chi connectivity index (χ1v) is 11.4. The van der Waals surface area contributed by atoms with Crippen molar-refractivity contribution >= 4 is 26.0 Å². The summed E-state index contributed by atoms with van der Waals surface area (Å²) < 4.78 is 34.3. The van der Waals surface area contributed by atoms with Crippen LogP contribution in [0.1, 0.15) is 33.1 Å². The van der Waals surface area contributed by atoms with E-state index in [1.54, 1.807) is 28.6 Å². The third-order valence-electron chi connectivity index (χ3n) is 4.95. The van der Waals surface area contributed by atoms with Gasteiger partial charge in [0, 0.05) is 19.0 Å². The number of benzene rings is 1. The summed E-state index contributed by atoms with van der Waals surface area (Å²) in [5.74, 6) is 1.57. The van der Waals surface area contributed by atoms with Crippen LogP contribution in [0.25, 0.3) is 0 Å². The van der Waals surface area contributed by atoms with Crippen LogP contribution in [-0.2, 0) is 10.0 Å². The van der Waals surface area contributed by atoms with Gasteiger partial charge in [-0.3, -0.25) is 0 Å². The van der Waals surface area contributed by atoms with Crippen LogP contribution in [-0.4, -0.2) is 31.9 Å². The van der Waals surface area contributed by atoms with Crippen LogP contribution in [0.3, 0.4) is 0 Å². The molecule has 26 heavy (non-hydrogen) atoms. The molecule has 1 aromatic carbocycles. The number of rotatable bonds is 5. The Balaban J connectivity index is 1.65. The topological polar surface area (TPSA) is 46.6 Å². The minimum Gasteiger partial charge on any atom is -0.491 e. The molecule has 2 aliphatic rings. The van der Waals surface area contributed by atoms with Gasteiger partial charge in [-0.2, -0.15) is 4.31 Å². The van der Waals surface area contributed by atoms with E-state index in [1.807, 2.05) is 13.8 Å². The Kier molecular flexibility index (Phi) is 6.25. The smallest absolute Gasteiger partial charge is 0.243 e. The van der Waals surface area contributed by atoms with Crippen molar-refractivity contribution in [2.24, 2.45) is 11.8 Å².